The summed E-state index contributed by atoms with van der Waals surface area (Å²) in [6, 6.07) is 7.35. The van der Waals surface area contributed by atoms with Crippen molar-refractivity contribution in [3.63, 3.8) is 0 Å². The summed E-state index contributed by atoms with van der Waals surface area (Å²) in [6.45, 7) is 2.10. The van der Waals surface area contributed by atoms with Crippen molar-refractivity contribution >= 4 is 43.2 Å². The first-order valence-electron chi connectivity index (χ1n) is 9.09. The molecule has 5 rings (SSSR count). The molecule has 154 valence electrons. The number of rotatable bonds is 3. The second kappa shape index (κ2) is 6.19. The predicted molar refractivity (Wildman–Crippen MR) is 109 cm³/mol. The molecule has 1 fully saturated rings. The summed E-state index contributed by atoms with van der Waals surface area (Å²) in [5.74, 6) is 0.472. The topological polar surface area (TPSA) is 127 Å². The van der Waals surface area contributed by atoms with Gasteiger partial charge in [0.15, 0.2) is 0 Å². The summed E-state index contributed by atoms with van der Waals surface area (Å²) in [5, 5.41) is 14.4. The lowest BCUT2D eigenvalue weighted by molar-refractivity contribution is 0.162. The molecule has 9 nitrogen and oxygen atoms in total. The second-order valence-corrected chi connectivity index (χ2v) is 9.76. The van der Waals surface area contributed by atoms with Crippen LogP contribution in [0.4, 0.5) is 0 Å². The van der Waals surface area contributed by atoms with Gasteiger partial charge in [0.1, 0.15) is 0 Å². The Morgan fingerprint density at radius 1 is 1.23 bits per heavy atom. The average Bonchev–Trinajstić information content (AvgIpc) is 3.27. The number of aromatic nitrogens is 4. The first-order chi connectivity index (χ1) is 14.2. The molecule has 30 heavy (non-hydrogen) atoms. The molecule has 4 aromatic rings. The fourth-order valence-electron chi connectivity index (χ4n) is 3.69. The standard InChI is InChI=1S/C19H15ClN4O5S/c1-9-6-13(9)23-14-7-11(3-2-10(14)8-21-23)30(28,29)15-5-4-12(20)16-17(15)22-19(26)24(27)18(16)25/h2-5,7-9,13,27H,6H2,1H3,(H,22,26)/t9-,13-/m1/s1. The Kier molecular flexibility index (Phi) is 3.90. The number of benzene rings is 2. The van der Waals surface area contributed by atoms with Crippen molar-refractivity contribution in [2.45, 2.75) is 29.2 Å². The number of H-pyrrole nitrogens is 1. The van der Waals surface area contributed by atoms with Crippen LogP contribution in [-0.2, 0) is 9.84 Å². The lowest BCUT2D eigenvalue weighted by atomic mass is 10.2. The fourth-order valence-corrected chi connectivity index (χ4v) is 5.37. The van der Waals surface area contributed by atoms with Gasteiger partial charge in [0.25, 0.3) is 5.56 Å². The largest absolute Gasteiger partial charge is 0.421 e. The van der Waals surface area contributed by atoms with Crippen molar-refractivity contribution in [3.05, 3.63) is 62.4 Å². The Hall–Kier alpha value is -3.11. The van der Waals surface area contributed by atoms with Crippen LogP contribution < -0.4 is 11.2 Å². The summed E-state index contributed by atoms with van der Waals surface area (Å²) < 4.78 is 28.5. The molecule has 2 atom stereocenters. The van der Waals surface area contributed by atoms with Crippen molar-refractivity contribution in [2.75, 3.05) is 0 Å². The fraction of sp³-hybridized carbons (Fsp3) is 0.211. The predicted octanol–water partition coefficient (Wildman–Crippen LogP) is 2.34. The number of sulfone groups is 1. The zero-order valence-electron chi connectivity index (χ0n) is 15.5. The summed E-state index contributed by atoms with van der Waals surface area (Å²) >= 11 is 6.04. The molecule has 2 N–H and O–H groups in total. The highest BCUT2D eigenvalue weighted by Gasteiger charge is 2.36. The van der Waals surface area contributed by atoms with Crippen molar-refractivity contribution in [2.24, 2.45) is 5.92 Å². The van der Waals surface area contributed by atoms with Crippen molar-refractivity contribution in [1.82, 2.24) is 19.5 Å². The summed E-state index contributed by atoms with van der Waals surface area (Å²) in [5.41, 5.74) is -1.84. The minimum absolute atomic E-state index is 0.0114. The zero-order valence-corrected chi connectivity index (χ0v) is 17.1. The van der Waals surface area contributed by atoms with E-state index in [0.717, 1.165) is 11.8 Å². The molecule has 1 aliphatic rings. The van der Waals surface area contributed by atoms with Gasteiger partial charge in [0.05, 0.1) is 43.5 Å². The van der Waals surface area contributed by atoms with Gasteiger partial charge in [0.2, 0.25) is 9.84 Å². The van der Waals surface area contributed by atoms with Gasteiger partial charge in [-0.05, 0) is 42.7 Å². The molecule has 0 amide bonds. The van der Waals surface area contributed by atoms with E-state index in [4.69, 9.17) is 11.6 Å². The van der Waals surface area contributed by atoms with Gasteiger partial charge >= 0.3 is 5.69 Å². The van der Waals surface area contributed by atoms with Gasteiger partial charge in [-0.25, -0.2) is 13.2 Å². The molecule has 1 aliphatic carbocycles. The summed E-state index contributed by atoms with van der Waals surface area (Å²) in [4.78, 5) is 26.1. The van der Waals surface area contributed by atoms with E-state index in [9.17, 15) is 23.2 Å². The maximum atomic E-state index is 13.4. The van der Waals surface area contributed by atoms with Crippen LogP contribution in [0.2, 0.25) is 5.02 Å². The third kappa shape index (κ3) is 2.60. The maximum absolute atomic E-state index is 13.4. The second-order valence-electron chi connectivity index (χ2n) is 7.44. The van der Waals surface area contributed by atoms with E-state index in [1.165, 1.54) is 24.3 Å². The molecule has 0 unspecified atom stereocenters. The monoisotopic (exact) mass is 446 g/mol. The number of nitrogens with zero attached hydrogens (tertiary/aromatic N) is 3. The first kappa shape index (κ1) is 18.9. The van der Waals surface area contributed by atoms with Gasteiger partial charge < -0.3 is 10.2 Å². The molecular weight excluding hydrogens is 432 g/mol. The van der Waals surface area contributed by atoms with Gasteiger partial charge in [-0.3, -0.25) is 9.48 Å². The van der Waals surface area contributed by atoms with Crippen LogP contribution in [0.5, 0.6) is 0 Å². The number of hydrogen-bond donors (Lipinski definition) is 2. The molecule has 0 spiro atoms. The molecule has 0 bridgehead atoms. The number of nitrogens with one attached hydrogen (secondary N) is 1. The van der Waals surface area contributed by atoms with Gasteiger partial charge in [-0.2, -0.15) is 5.10 Å². The normalized spacial score (nSPS) is 18.9. The highest BCUT2D eigenvalue weighted by Crippen LogP contribution is 2.44. The van der Waals surface area contributed by atoms with E-state index >= 15 is 0 Å². The molecule has 0 saturated heterocycles. The lowest BCUT2D eigenvalue weighted by Gasteiger charge is -2.10. The molecule has 0 radical (unpaired) electrons. The maximum Gasteiger partial charge on any atom is 0.362 e. The molecule has 11 heteroatoms. The number of aromatic amines is 1. The van der Waals surface area contributed by atoms with Crippen LogP contribution in [-0.4, -0.2) is 33.1 Å². The highest BCUT2D eigenvalue weighted by atomic mass is 35.5. The summed E-state index contributed by atoms with van der Waals surface area (Å²) in [6.07, 6.45) is 2.67. The van der Waals surface area contributed by atoms with Crippen molar-refractivity contribution in [3.8, 4) is 0 Å². The van der Waals surface area contributed by atoms with Crippen LogP contribution in [0.1, 0.15) is 19.4 Å². The van der Waals surface area contributed by atoms with Crippen LogP contribution >= 0.6 is 11.6 Å². The minimum Gasteiger partial charge on any atom is -0.421 e. The first-order valence-corrected chi connectivity index (χ1v) is 11.0. The van der Waals surface area contributed by atoms with Gasteiger partial charge in [-0.1, -0.05) is 23.3 Å². The van der Waals surface area contributed by atoms with Crippen LogP contribution in [0, 0.1) is 5.92 Å². The number of halogens is 1. The van der Waals surface area contributed by atoms with E-state index in [2.05, 4.69) is 17.0 Å². The van der Waals surface area contributed by atoms with E-state index in [1.807, 2.05) is 4.68 Å². The van der Waals surface area contributed by atoms with Gasteiger partial charge in [0, 0.05) is 5.39 Å². The van der Waals surface area contributed by atoms with Gasteiger partial charge in [-0.15, -0.1) is 0 Å². The highest BCUT2D eigenvalue weighted by molar-refractivity contribution is 7.91. The number of hydrogen-bond acceptors (Lipinski definition) is 6. The average molecular weight is 447 g/mol. The summed E-state index contributed by atoms with van der Waals surface area (Å²) in [7, 11) is -4.13. The van der Waals surface area contributed by atoms with Crippen LogP contribution in [0.25, 0.3) is 21.8 Å². The SMILES string of the molecule is C[C@@H]1C[C@H]1n1ncc2ccc(S(=O)(=O)c3ccc(Cl)c4c(=O)n(O)c(=O)[nH]c34)cc21. The number of fused-ring (bicyclic) bond motifs is 2. The molecule has 2 heterocycles. The molecular formula is C19H15ClN4O5S. The Bertz CT molecular complexity index is 1580. The molecule has 2 aromatic heterocycles. The lowest BCUT2D eigenvalue weighted by Crippen LogP contribution is -2.33. The van der Waals surface area contributed by atoms with E-state index < -0.39 is 21.1 Å². The van der Waals surface area contributed by atoms with Crippen molar-refractivity contribution < 1.29 is 13.6 Å². The van der Waals surface area contributed by atoms with E-state index in [0.29, 0.717) is 11.4 Å². The third-order valence-electron chi connectivity index (χ3n) is 5.50. The van der Waals surface area contributed by atoms with Crippen LogP contribution in [0.15, 0.2) is 55.9 Å². The molecule has 2 aromatic carbocycles. The minimum atomic E-state index is -4.13. The third-order valence-corrected chi connectivity index (χ3v) is 7.61. The Morgan fingerprint density at radius 3 is 2.67 bits per heavy atom. The van der Waals surface area contributed by atoms with Crippen LogP contribution in [0.3, 0.4) is 0 Å². The van der Waals surface area contributed by atoms with Crippen molar-refractivity contribution in [1.29, 1.82) is 0 Å². The quantitative estimate of drug-likeness (QED) is 0.465. The smallest absolute Gasteiger partial charge is 0.362 e. The Morgan fingerprint density at radius 2 is 1.97 bits per heavy atom. The Balaban J connectivity index is 1.77. The molecule has 0 aliphatic heterocycles. The van der Waals surface area contributed by atoms with E-state index in [-0.39, 0.29) is 36.5 Å². The van der Waals surface area contributed by atoms with E-state index in [1.54, 1.807) is 12.3 Å². The Labute approximate surface area is 174 Å². The molecule has 1 saturated carbocycles. The zero-order chi connectivity index (χ0) is 21.4.